The molecule has 6 heteroatoms. The molecular weight excluding hydrogens is 348 g/mol. The van der Waals surface area contributed by atoms with Crippen LogP contribution in [-0.4, -0.2) is 53.9 Å². The predicted octanol–water partition coefficient (Wildman–Crippen LogP) is 2.77. The molecule has 0 radical (unpaired) electrons. The third kappa shape index (κ3) is 4.17. The lowest BCUT2D eigenvalue weighted by Crippen LogP contribution is -2.52. The largest absolute Gasteiger partial charge is 0.368 e. The van der Waals surface area contributed by atoms with Crippen molar-refractivity contribution in [1.29, 1.82) is 0 Å². The number of hydrogen-bond acceptors (Lipinski definition) is 3. The van der Waals surface area contributed by atoms with E-state index >= 15 is 0 Å². The number of guanidine groups is 1. The molecule has 1 aliphatic heterocycles. The maximum absolute atomic E-state index is 4.49. The van der Waals surface area contributed by atoms with Crippen molar-refractivity contribution < 1.29 is 0 Å². The Morgan fingerprint density at radius 2 is 1.75 bits per heavy atom. The lowest BCUT2D eigenvalue weighted by Gasteiger charge is -2.37. The minimum Gasteiger partial charge on any atom is -0.368 e. The van der Waals surface area contributed by atoms with Crippen LogP contribution in [0.4, 0.5) is 5.69 Å². The Morgan fingerprint density at radius 1 is 0.964 bits per heavy atom. The molecule has 0 unspecified atom stereocenters. The first kappa shape index (κ1) is 18.1. The first-order valence-corrected chi connectivity index (χ1v) is 9.68. The predicted molar refractivity (Wildman–Crippen MR) is 114 cm³/mol. The van der Waals surface area contributed by atoms with E-state index < -0.39 is 0 Å². The van der Waals surface area contributed by atoms with Gasteiger partial charge in [-0.3, -0.25) is 4.99 Å². The topological polar surface area (TPSA) is 48.7 Å². The Bertz CT molecular complexity index is 896. The number of nitrogens with zero attached hydrogens (tertiary/aromatic N) is 5. The van der Waals surface area contributed by atoms with Gasteiger partial charge in [0.15, 0.2) is 5.96 Å². The van der Waals surface area contributed by atoms with Crippen molar-refractivity contribution in [3.63, 3.8) is 0 Å². The number of hydrogen-bond donors (Lipinski definition) is 1. The van der Waals surface area contributed by atoms with Crippen LogP contribution in [0, 0.1) is 0 Å². The number of benzene rings is 2. The number of anilines is 1. The molecule has 2 aromatic carbocycles. The van der Waals surface area contributed by atoms with Gasteiger partial charge in [0.1, 0.15) is 0 Å². The molecular formula is C22H26N6. The third-order valence-corrected chi connectivity index (χ3v) is 5.04. The smallest absolute Gasteiger partial charge is 0.194 e. The van der Waals surface area contributed by atoms with Crippen molar-refractivity contribution in [2.45, 2.75) is 6.54 Å². The van der Waals surface area contributed by atoms with Crippen molar-refractivity contribution in [2.24, 2.45) is 4.99 Å². The summed E-state index contributed by atoms with van der Waals surface area (Å²) < 4.78 is 1.88. The van der Waals surface area contributed by atoms with E-state index in [1.54, 1.807) is 6.20 Å². The molecule has 0 spiro atoms. The number of aliphatic imine (C=N–C) groups is 1. The second-order valence-corrected chi connectivity index (χ2v) is 6.83. The van der Waals surface area contributed by atoms with Gasteiger partial charge >= 0.3 is 0 Å². The van der Waals surface area contributed by atoms with Crippen LogP contribution in [0.2, 0.25) is 0 Å². The van der Waals surface area contributed by atoms with Gasteiger partial charge < -0.3 is 15.1 Å². The molecule has 0 aliphatic carbocycles. The molecule has 1 N–H and O–H groups in total. The van der Waals surface area contributed by atoms with Gasteiger partial charge in [0.05, 0.1) is 5.69 Å². The standard InChI is InChI=1S/C22H26N6/c1-23-22(27-15-13-26(14-16-27)20-8-3-2-4-9-20)24-18-19-7-5-10-21(17-19)28-12-6-11-25-28/h2-12,17H,13-16,18H2,1H3,(H,23,24). The molecule has 0 atom stereocenters. The quantitative estimate of drug-likeness (QED) is 0.564. The van der Waals surface area contributed by atoms with Crippen molar-refractivity contribution in [3.8, 4) is 5.69 Å². The van der Waals surface area contributed by atoms with Gasteiger partial charge in [0.25, 0.3) is 0 Å². The Labute approximate surface area is 166 Å². The van der Waals surface area contributed by atoms with Crippen LogP contribution in [-0.2, 0) is 6.54 Å². The summed E-state index contributed by atoms with van der Waals surface area (Å²) in [5, 5.41) is 7.81. The van der Waals surface area contributed by atoms with Crippen LogP contribution in [0.3, 0.4) is 0 Å². The molecule has 0 saturated carbocycles. The molecule has 1 saturated heterocycles. The van der Waals surface area contributed by atoms with Crippen LogP contribution in [0.15, 0.2) is 78.0 Å². The summed E-state index contributed by atoms with van der Waals surface area (Å²) in [5.41, 5.74) is 3.56. The summed E-state index contributed by atoms with van der Waals surface area (Å²) in [5.74, 6) is 0.956. The van der Waals surface area contributed by atoms with Crippen LogP contribution in [0.1, 0.15) is 5.56 Å². The van der Waals surface area contributed by atoms with Gasteiger partial charge in [-0.25, -0.2) is 4.68 Å². The Balaban J connectivity index is 1.34. The molecule has 4 rings (SSSR count). The highest BCUT2D eigenvalue weighted by Crippen LogP contribution is 2.16. The summed E-state index contributed by atoms with van der Waals surface area (Å²) in [6.45, 7) is 4.66. The Morgan fingerprint density at radius 3 is 2.46 bits per heavy atom. The van der Waals surface area contributed by atoms with E-state index in [0.717, 1.165) is 44.4 Å². The third-order valence-electron chi connectivity index (χ3n) is 5.04. The molecule has 3 aromatic rings. The SMILES string of the molecule is CN=C(NCc1cccc(-n2cccn2)c1)N1CCN(c2ccccc2)CC1. The van der Waals surface area contributed by atoms with Gasteiger partial charge in [-0.05, 0) is 35.9 Å². The molecule has 1 fully saturated rings. The normalized spacial score (nSPS) is 15.0. The van der Waals surface area contributed by atoms with Gasteiger partial charge in [-0.15, -0.1) is 0 Å². The zero-order valence-electron chi connectivity index (χ0n) is 16.2. The minimum absolute atomic E-state index is 0.737. The average molecular weight is 374 g/mol. The molecule has 0 bridgehead atoms. The molecule has 2 heterocycles. The fourth-order valence-corrected chi connectivity index (χ4v) is 3.56. The molecule has 144 valence electrons. The maximum atomic E-state index is 4.49. The van der Waals surface area contributed by atoms with E-state index in [1.807, 2.05) is 24.0 Å². The number of nitrogens with one attached hydrogen (secondary N) is 1. The summed E-state index contributed by atoms with van der Waals surface area (Å²) in [6.07, 6.45) is 3.75. The second kappa shape index (κ2) is 8.61. The van der Waals surface area contributed by atoms with Crippen molar-refractivity contribution in [3.05, 3.63) is 78.6 Å². The summed E-state index contributed by atoms with van der Waals surface area (Å²) >= 11 is 0. The number of para-hydroxylation sites is 1. The zero-order chi connectivity index (χ0) is 19.2. The molecule has 1 aliphatic rings. The summed E-state index contributed by atoms with van der Waals surface area (Å²) in [7, 11) is 1.85. The first-order chi connectivity index (χ1) is 13.8. The van der Waals surface area contributed by atoms with E-state index in [2.05, 4.69) is 79.8 Å². The van der Waals surface area contributed by atoms with Gasteiger partial charge in [-0.2, -0.15) is 5.10 Å². The first-order valence-electron chi connectivity index (χ1n) is 9.68. The molecule has 1 aromatic heterocycles. The van der Waals surface area contributed by atoms with Gasteiger partial charge in [0, 0.05) is 57.9 Å². The van der Waals surface area contributed by atoms with Gasteiger partial charge in [0.2, 0.25) is 0 Å². The number of piperazine rings is 1. The molecule has 6 nitrogen and oxygen atoms in total. The highest BCUT2D eigenvalue weighted by atomic mass is 15.3. The van der Waals surface area contributed by atoms with Crippen LogP contribution in [0.25, 0.3) is 5.69 Å². The fourth-order valence-electron chi connectivity index (χ4n) is 3.56. The minimum atomic E-state index is 0.737. The highest BCUT2D eigenvalue weighted by Gasteiger charge is 2.19. The molecule has 28 heavy (non-hydrogen) atoms. The van der Waals surface area contributed by atoms with E-state index in [9.17, 15) is 0 Å². The van der Waals surface area contributed by atoms with E-state index in [-0.39, 0.29) is 0 Å². The second-order valence-electron chi connectivity index (χ2n) is 6.83. The van der Waals surface area contributed by atoms with Crippen LogP contribution >= 0.6 is 0 Å². The average Bonchev–Trinajstić information content (AvgIpc) is 3.31. The monoisotopic (exact) mass is 374 g/mol. The fraction of sp³-hybridized carbons (Fsp3) is 0.273. The zero-order valence-corrected chi connectivity index (χ0v) is 16.2. The van der Waals surface area contributed by atoms with Crippen molar-refractivity contribution >= 4 is 11.6 Å². The lowest BCUT2D eigenvalue weighted by molar-refractivity contribution is 0.372. The van der Waals surface area contributed by atoms with E-state index in [1.165, 1.54) is 11.3 Å². The summed E-state index contributed by atoms with van der Waals surface area (Å²) in [6, 6.07) is 20.9. The van der Waals surface area contributed by atoms with E-state index in [4.69, 9.17) is 0 Å². The van der Waals surface area contributed by atoms with Gasteiger partial charge in [-0.1, -0.05) is 30.3 Å². The highest BCUT2D eigenvalue weighted by molar-refractivity contribution is 5.80. The lowest BCUT2D eigenvalue weighted by atomic mass is 10.2. The van der Waals surface area contributed by atoms with E-state index in [0.29, 0.717) is 0 Å². The summed E-state index contributed by atoms with van der Waals surface area (Å²) in [4.78, 5) is 9.25. The van der Waals surface area contributed by atoms with Crippen molar-refractivity contribution in [2.75, 3.05) is 38.1 Å². The molecule has 0 amide bonds. The maximum Gasteiger partial charge on any atom is 0.194 e. The van der Waals surface area contributed by atoms with Crippen LogP contribution in [0.5, 0.6) is 0 Å². The number of rotatable bonds is 4. The Kier molecular flexibility index (Phi) is 5.56. The number of aromatic nitrogens is 2. The van der Waals surface area contributed by atoms with Crippen molar-refractivity contribution in [1.82, 2.24) is 20.0 Å². The van der Waals surface area contributed by atoms with Crippen LogP contribution < -0.4 is 10.2 Å². The Hall–Kier alpha value is -3.28.